The Kier molecular flexibility index (Phi) is 11.1. The Balaban J connectivity index is 0.000000149. The minimum absolute atomic E-state index is 0.0568. The van der Waals surface area contributed by atoms with Crippen molar-refractivity contribution >= 4 is 35.0 Å². The fourth-order valence-corrected chi connectivity index (χ4v) is 9.92. The van der Waals surface area contributed by atoms with Gasteiger partial charge >= 0.3 is 0 Å². The number of rotatable bonds is 10. The number of methoxy groups -OCH3 is 2. The predicted octanol–water partition coefficient (Wildman–Crippen LogP) is 12.4. The van der Waals surface area contributed by atoms with Gasteiger partial charge in [-0.15, -0.1) is 0 Å². The van der Waals surface area contributed by atoms with Gasteiger partial charge in [-0.05, 0) is 129 Å². The summed E-state index contributed by atoms with van der Waals surface area (Å²) in [6.07, 6.45) is 2.51. The number of ether oxygens (including phenoxy) is 4. The Morgan fingerprint density at radius 2 is 0.897 bits per heavy atom. The van der Waals surface area contributed by atoms with Crippen LogP contribution in [0.1, 0.15) is 101 Å². The molecule has 0 saturated carbocycles. The first-order valence-electron chi connectivity index (χ1n) is 21.6. The van der Waals surface area contributed by atoms with E-state index in [1.54, 1.807) is 36.8 Å². The van der Waals surface area contributed by atoms with Crippen LogP contribution in [0.3, 0.4) is 0 Å². The molecule has 0 spiro atoms. The van der Waals surface area contributed by atoms with Gasteiger partial charge in [0.2, 0.25) is 0 Å². The van der Waals surface area contributed by atoms with Crippen molar-refractivity contribution in [2.24, 2.45) is 0 Å². The second-order valence-electron chi connectivity index (χ2n) is 16.6. The number of benzene rings is 6. The molecule has 2 aromatic heterocycles. The summed E-state index contributed by atoms with van der Waals surface area (Å²) in [6.45, 7) is -0.117. The van der Waals surface area contributed by atoms with Crippen LogP contribution in [-0.4, -0.2) is 26.0 Å². The molecule has 2 N–H and O–H groups in total. The van der Waals surface area contributed by atoms with E-state index in [9.17, 15) is 18.4 Å². The number of carbonyl (C=O) groups is 2. The zero-order valence-corrected chi connectivity index (χ0v) is 37.7. The summed E-state index contributed by atoms with van der Waals surface area (Å²) in [5.41, 5.74) is 11.7. The Bertz CT molecular complexity index is 3300. The number of carbonyl (C=O) groups excluding carboxylic acids is 2. The molecule has 6 heterocycles. The van der Waals surface area contributed by atoms with E-state index in [-0.39, 0.29) is 82.0 Å². The second-order valence-corrected chi connectivity index (χ2v) is 17.4. The van der Waals surface area contributed by atoms with Gasteiger partial charge in [-0.2, -0.15) is 0 Å². The van der Waals surface area contributed by atoms with Crippen molar-refractivity contribution in [3.63, 3.8) is 0 Å². The maximum atomic E-state index is 14.6. The summed E-state index contributed by atoms with van der Waals surface area (Å²) in [6, 6.07) is 37.0. The lowest BCUT2D eigenvalue weighted by Crippen LogP contribution is -2.24. The Hall–Kier alpha value is -7.22. The number of furan rings is 2. The number of amides is 2. The lowest BCUT2D eigenvalue weighted by atomic mass is 9.84. The maximum absolute atomic E-state index is 14.6. The Morgan fingerprint density at radius 1 is 0.515 bits per heavy atom. The summed E-state index contributed by atoms with van der Waals surface area (Å²) < 4.78 is 62.7. The van der Waals surface area contributed by atoms with Gasteiger partial charge < -0.3 is 38.4 Å². The van der Waals surface area contributed by atoms with E-state index in [2.05, 4.69) is 34.9 Å². The molecular weight excluding hydrogens is 914 g/mol. The summed E-state index contributed by atoms with van der Waals surface area (Å²) >= 11 is 12.3. The number of halogens is 4. The van der Waals surface area contributed by atoms with E-state index < -0.39 is 11.6 Å². The monoisotopic (exact) mass is 950 g/mol. The average Bonchev–Trinajstić information content (AvgIpc) is 4.24. The topological polar surface area (TPSA) is 121 Å². The molecular formula is C54H38Cl2F2N2O8. The first-order valence-corrected chi connectivity index (χ1v) is 22.4. The third-order valence-corrected chi connectivity index (χ3v) is 13.6. The quantitative estimate of drug-likeness (QED) is 0.139. The molecule has 68 heavy (non-hydrogen) atoms. The first kappa shape index (κ1) is 43.4. The first-order chi connectivity index (χ1) is 33.1. The fraction of sp³-hybridized carbons (Fsp3) is 0.148. The van der Waals surface area contributed by atoms with Crippen molar-refractivity contribution in [1.29, 1.82) is 0 Å². The van der Waals surface area contributed by atoms with Crippen LogP contribution in [0.5, 0.6) is 11.5 Å². The van der Waals surface area contributed by atoms with Crippen LogP contribution < -0.4 is 20.1 Å². The number of hydrogen-bond acceptors (Lipinski definition) is 8. The molecule has 0 saturated heterocycles. The van der Waals surface area contributed by atoms with Gasteiger partial charge in [0.1, 0.15) is 35.9 Å². The van der Waals surface area contributed by atoms with E-state index in [4.69, 9.17) is 51.0 Å². The largest absolute Gasteiger partial charge is 0.494 e. The van der Waals surface area contributed by atoms with E-state index >= 15 is 0 Å². The van der Waals surface area contributed by atoms with Crippen LogP contribution in [0.2, 0.25) is 10.0 Å². The van der Waals surface area contributed by atoms with Crippen LogP contribution in [0.15, 0.2) is 143 Å². The molecule has 4 aliphatic heterocycles. The molecule has 6 aromatic carbocycles. The summed E-state index contributed by atoms with van der Waals surface area (Å²) in [7, 11) is 2.76. The van der Waals surface area contributed by atoms with E-state index in [1.165, 1.54) is 26.4 Å². The van der Waals surface area contributed by atoms with Gasteiger partial charge in [-0.1, -0.05) is 59.6 Å². The molecule has 0 aliphatic carbocycles. The number of hydrogen-bond donors (Lipinski definition) is 2. The highest BCUT2D eigenvalue weighted by molar-refractivity contribution is 6.31. The maximum Gasteiger partial charge on any atom is 0.251 e. The molecule has 0 radical (unpaired) electrons. The highest BCUT2D eigenvalue weighted by atomic mass is 35.5. The zero-order chi connectivity index (χ0) is 46.8. The van der Waals surface area contributed by atoms with Crippen LogP contribution in [-0.2, 0) is 22.6 Å². The third-order valence-electron chi connectivity index (χ3n) is 12.9. The summed E-state index contributed by atoms with van der Waals surface area (Å²) in [5, 5.41) is 5.96. The Labute approximate surface area is 398 Å². The van der Waals surface area contributed by atoms with Crippen molar-refractivity contribution in [3.05, 3.63) is 222 Å². The molecule has 4 bridgehead atoms. The molecule has 4 aliphatic rings. The fourth-order valence-electron chi connectivity index (χ4n) is 9.50. The van der Waals surface area contributed by atoms with Crippen molar-refractivity contribution < 1.29 is 46.2 Å². The van der Waals surface area contributed by atoms with Crippen molar-refractivity contribution in [2.45, 2.75) is 37.5 Å². The molecule has 12 rings (SSSR count). The minimum Gasteiger partial charge on any atom is -0.494 e. The van der Waals surface area contributed by atoms with E-state index in [0.717, 1.165) is 67.2 Å². The van der Waals surface area contributed by atoms with Crippen molar-refractivity contribution in [1.82, 2.24) is 10.6 Å². The molecule has 8 aromatic rings. The summed E-state index contributed by atoms with van der Waals surface area (Å²) in [4.78, 5) is 25.8. The standard InChI is InChI=1S/2C27H19ClFNO4/c1-32-23-9-8-21(28)20(24(23)29)13-30-27(31)15-5-7-17-19(12-15)26-16-6-4-14(22-3-2-10-33-22)11-18(16)25(17)34-26;1-32-23-9-8-21(28)20(24(23)29)13-30-27(31)15-5-7-17-19(12-15)26-18-11-14(22-3-2-10-33-22)4-6-16(18)25(17)34-26/h2*2-12,25-26H,13H2,1H3,(H,30,31). The van der Waals surface area contributed by atoms with Gasteiger partial charge in [0.25, 0.3) is 11.8 Å². The lowest BCUT2D eigenvalue weighted by molar-refractivity contribution is 0.0856. The average molecular weight is 952 g/mol. The number of nitrogens with one attached hydrogen (secondary N) is 2. The van der Waals surface area contributed by atoms with Crippen LogP contribution in [0.4, 0.5) is 8.78 Å². The van der Waals surface area contributed by atoms with E-state index in [1.807, 2.05) is 60.7 Å². The molecule has 340 valence electrons. The van der Waals surface area contributed by atoms with Gasteiger partial charge in [0, 0.05) is 56.5 Å². The van der Waals surface area contributed by atoms with Crippen LogP contribution in [0, 0.1) is 11.6 Å². The van der Waals surface area contributed by atoms with Gasteiger partial charge in [-0.3, -0.25) is 9.59 Å². The van der Waals surface area contributed by atoms with Crippen LogP contribution in [0.25, 0.3) is 22.6 Å². The smallest absolute Gasteiger partial charge is 0.251 e. The molecule has 4 atom stereocenters. The van der Waals surface area contributed by atoms with Crippen molar-refractivity contribution in [2.75, 3.05) is 14.2 Å². The third kappa shape index (κ3) is 7.41. The highest BCUT2D eigenvalue weighted by Crippen LogP contribution is 2.56. The Morgan fingerprint density at radius 3 is 1.29 bits per heavy atom. The normalized spacial score (nSPS) is 17.4. The van der Waals surface area contributed by atoms with Gasteiger partial charge in [0.05, 0.1) is 26.7 Å². The van der Waals surface area contributed by atoms with Crippen molar-refractivity contribution in [3.8, 4) is 34.1 Å². The van der Waals surface area contributed by atoms with Gasteiger partial charge in [0.15, 0.2) is 23.1 Å². The van der Waals surface area contributed by atoms with Crippen LogP contribution >= 0.6 is 23.2 Å². The number of fused-ring (bicyclic) bond motifs is 16. The molecule has 14 heteroatoms. The highest BCUT2D eigenvalue weighted by Gasteiger charge is 2.44. The minimum atomic E-state index is -0.584. The summed E-state index contributed by atoms with van der Waals surface area (Å²) in [5.74, 6) is -0.0574. The SMILES string of the molecule is COc1ccc(Cl)c(CNC(=O)c2ccc3c(c2)C2OC3c3cc(-c4ccco4)ccc32)c1F.COc1ccc(Cl)c(CNC(=O)c2ccc3c(c2)C2OC3c3ccc(-c4ccco4)cc32)c1F. The van der Waals surface area contributed by atoms with E-state index in [0.29, 0.717) is 11.1 Å². The molecule has 4 unspecified atom stereocenters. The zero-order valence-electron chi connectivity index (χ0n) is 36.2. The molecule has 2 amide bonds. The molecule has 10 nitrogen and oxygen atoms in total. The molecule has 0 fully saturated rings. The second kappa shape index (κ2) is 17.5. The van der Waals surface area contributed by atoms with Gasteiger partial charge in [-0.25, -0.2) is 8.78 Å². The predicted molar refractivity (Wildman–Crippen MR) is 249 cm³/mol. The lowest BCUT2D eigenvalue weighted by Gasteiger charge is -2.17.